The topological polar surface area (TPSA) is 111 Å². The van der Waals surface area contributed by atoms with Crippen LogP contribution in [0, 0.1) is 0 Å². The molecule has 1 heterocycles. The number of ether oxygens (including phenoxy) is 2. The molecule has 1 N–H and O–H groups in total. The smallest absolute Gasteiger partial charge is 0.395 e. The number of epoxide rings is 1. The second-order valence-electron chi connectivity index (χ2n) is 5.27. The summed E-state index contributed by atoms with van der Waals surface area (Å²) in [7, 11) is -8.49. The SMILES string of the molecule is CS(=O)(=O)NS(=O)(=O)Oc1ccc(OCC2CO2)c2ccccc12. The van der Waals surface area contributed by atoms with Gasteiger partial charge < -0.3 is 13.7 Å². The fourth-order valence-electron chi connectivity index (χ4n) is 2.11. The molecule has 10 heteroatoms. The zero-order chi connectivity index (χ0) is 17.4. The van der Waals surface area contributed by atoms with Crippen LogP contribution in [0.2, 0.25) is 0 Å². The third-order valence-corrected chi connectivity index (χ3v) is 5.55. The van der Waals surface area contributed by atoms with Crippen molar-refractivity contribution in [2.24, 2.45) is 0 Å². The van der Waals surface area contributed by atoms with E-state index in [0.717, 1.165) is 6.26 Å². The van der Waals surface area contributed by atoms with Gasteiger partial charge in [-0.3, -0.25) is 0 Å². The van der Waals surface area contributed by atoms with E-state index in [-0.39, 0.29) is 11.9 Å². The molecule has 24 heavy (non-hydrogen) atoms. The maximum Gasteiger partial charge on any atom is 0.395 e. The molecule has 0 saturated carbocycles. The molecule has 3 rings (SSSR count). The van der Waals surface area contributed by atoms with Gasteiger partial charge in [-0.25, -0.2) is 8.42 Å². The summed E-state index contributed by atoms with van der Waals surface area (Å²) >= 11 is 0. The van der Waals surface area contributed by atoms with Gasteiger partial charge in [0, 0.05) is 10.8 Å². The Morgan fingerprint density at radius 3 is 2.25 bits per heavy atom. The van der Waals surface area contributed by atoms with Crippen molar-refractivity contribution in [2.45, 2.75) is 6.10 Å². The lowest BCUT2D eigenvalue weighted by Gasteiger charge is -2.13. The predicted molar refractivity (Wildman–Crippen MR) is 86.7 cm³/mol. The zero-order valence-electron chi connectivity index (χ0n) is 12.6. The zero-order valence-corrected chi connectivity index (χ0v) is 14.3. The number of fused-ring (bicyclic) bond motifs is 1. The van der Waals surface area contributed by atoms with Gasteiger partial charge in [-0.05, 0) is 12.1 Å². The average molecular weight is 373 g/mol. The summed E-state index contributed by atoms with van der Waals surface area (Å²) in [6.45, 7) is 1.06. The van der Waals surface area contributed by atoms with Crippen LogP contribution in [0.15, 0.2) is 36.4 Å². The Balaban J connectivity index is 1.92. The molecule has 2 aromatic rings. The Bertz CT molecular complexity index is 966. The molecule has 130 valence electrons. The van der Waals surface area contributed by atoms with Gasteiger partial charge in [-0.2, -0.15) is 8.42 Å². The highest BCUT2D eigenvalue weighted by Gasteiger charge is 2.24. The standard InChI is InChI=1S/C14H15NO7S2/c1-23(16,17)15-24(18,19)22-14-7-6-13(21-9-10-8-20-10)11-4-2-3-5-12(11)14/h2-7,10,15H,8-9H2,1H3. The fraction of sp³-hybridized carbons (Fsp3) is 0.286. The minimum atomic E-state index is -4.51. The number of hydrogen-bond acceptors (Lipinski definition) is 7. The quantitative estimate of drug-likeness (QED) is 0.714. The number of rotatable bonds is 7. The molecule has 0 aliphatic carbocycles. The van der Waals surface area contributed by atoms with Gasteiger partial charge in [0.1, 0.15) is 18.5 Å². The number of sulfonamides is 1. The largest absolute Gasteiger partial charge is 0.490 e. The molecule has 0 bridgehead atoms. The molecule has 1 atom stereocenters. The highest BCUT2D eigenvalue weighted by atomic mass is 32.3. The van der Waals surface area contributed by atoms with E-state index in [1.54, 1.807) is 30.3 Å². The van der Waals surface area contributed by atoms with Gasteiger partial charge in [0.15, 0.2) is 5.75 Å². The van der Waals surface area contributed by atoms with Gasteiger partial charge in [-0.1, -0.05) is 28.4 Å². The first-order chi connectivity index (χ1) is 11.2. The monoisotopic (exact) mass is 373 g/mol. The van der Waals surface area contributed by atoms with Crippen LogP contribution in [-0.2, 0) is 25.1 Å². The first-order valence-electron chi connectivity index (χ1n) is 6.93. The summed E-state index contributed by atoms with van der Waals surface area (Å²) in [5, 5.41) is 1.12. The Morgan fingerprint density at radius 2 is 1.67 bits per heavy atom. The third-order valence-electron chi connectivity index (χ3n) is 3.12. The molecular formula is C14H15NO7S2. The van der Waals surface area contributed by atoms with Crippen molar-refractivity contribution in [3.63, 3.8) is 0 Å². The van der Waals surface area contributed by atoms with E-state index in [0.29, 0.717) is 29.7 Å². The van der Waals surface area contributed by atoms with Crippen molar-refractivity contribution < 1.29 is 30.5 Å². The van der Waals surface area contributed by atoms with Crippen LogP contribution in [0.5, 0.6) is 11.5 Å². The number of hydrogen-bond donors (Lipinski definition) is 1. The van der Waals surface area contributed by atoms with Crippen molar-refractivity contribution >= 4 is 31.1 Å². The van der Waals surface area contributed by atoms with Crippen molar-refractivity contribution in [1.82, 2.24) is 4.13 Å². The van der Waals surface area contributed by atoms with Crippen molar-refractivity contribution in [3.8, 4) is 11.5 Å². The van der Waals surface area contributed by atoms with Crippen LogP contribution in [0.25, 0.3) is 10.8 Å². The van der Waals surface area contributed by atoms with Crippen LogP contribution in [-0.4, -0.2) is 42.4 Å². The summed E-state index contributed by atoms with van der Waals surface area (Å²) in [5.74, 6) is 0.554. The second kappa shape index (κ2) is 6.20. The first kappa shape index (κ1) is 17.0. The van der Waals surface area contributed by atoms with Crippen LogP contribution >= 0.6 is 0 Å². The molecule has 0 spiro atoms. The van der Waals surface area contributed by atoms with E-state index in [1.165, 1.54) is 10.2 Å². The Hall–Kier alpha value is -1.88. The minimum Gasteiger partial charge on any atom is -0.490 e. The molecule has 2 aromatic carbocycles. The molecular weight excluding hydrogens is 358 g/mol. The summed E-state index contributed by atoms with van der Waals surface area (Å²) in [6.07, 6.45) is 0.808. The van der Waals surface area contributed by atoms with Crippen molar-refractivity contribution in [1.29, 1.82) is 0 Å². The lowest BCUT2D eigenvalue weighted by atomic mass is 10.1. The van der Waals surface area contributed by atoms with Gasteiger partial charge in [0.25, 0.3) is 0 Å². The van der Waals surface area contributed by atoms with Crippen LogP contribution in [0.3, 0.4) is 0 Å². The number of benzene rings is 2. The van der Waals surface area contributed by atoms with Crippen LogP contribution in [0.4, 0.5) is 0 Å². The predicted octanol–water partition coefficient (Wildman–Crippen LogP) is 0.790. The average Bonchev–Trinajstić information content (AvgIpc) is 3.28. The van der Waals surface area contributed by atoms with Gasteiger partial charge >= 0.3 is 10.3 Å². The van der Waals surface area contributed by atoms with Crippen LogP contribution < -0.4 is 13.0 Å². The molecule has 1 fully saturated rings. The van der Waals surface area contributed by atoms with E-state index < -0.39 is 20.3 Å². The summed E-state index contributed by atoms with van der Waals surface area (Å²) in [4.78, 5) is 0. The maximum atomic E-state index is 11.8. The van der Waals surface area contributed by atoms with Crippen LogP contribution in [0.1, 0.15) is 0 Å². The molecule has 1 aliphatic heterocycles. The van der Waals surface area contributed by atoms with Crippen molar-refractivity contribution in [3.05, 3.63) is 36.4 Å². The van der Waals surface area contributed by atoms with Gasteiger partial charge in [0.2, 0.25) is 10.0 Å². The molecule has 1 aliphatic rings. The minimum absolute atomic E-state index is 0.00299. The second-order valence-corrected chi connectivity index (χ2v) is 8.55. The summed E-state index contributed by atoms with van der Waals surface area (Å²) in [6, 6.07) is 9.86. The molecule has 8 nitrogen and oxygen atoms in total. The highest BCUT2D eigenvalue weighted by molar-refractivity contribution is 8.02. The van der Waals surface area contributed by atoms with E-state index >= 15 is 0 Å². The Morgan fingerprint density at radius 1 is 1.08 bits per heavy atom. The van der Waals surface area contributed by atoms with E-state index in [4.69, 9.17) is 13.7 Å². The first-order valence-corrected chi connectivity index (χ1v) is 10.2. The van der Waals surface area contributed by atoms with Gasteiger partial charge in [0.05, 0.1) is 12.9 Å². The van der Waals surface area contributed by atoms with E-state index in [2.05, 4.69) is 0 Å². The summed E-state index contributed by atoms with van der Waals surface area (Å²) < 4.78 is 62.9. The van der Waals surface area contributed by atoms with E-state index in [1.807, 2.05) is 0 Å². The van der Waals surface area contributed by atoms with Crippen molar-refractivity contribution in [2.75, 3.05) is 19.5 Å². The highest BCUT2D eigenvalue weighted by Crippen LogP contribution is 2.34. The Kier molecular flexibility index (Phi) is 4.38. The molecule has 1 unspecified atom stereocenters. The number of nitrogens with one attached hydrogen (secondary N) is 1. The molecule has 0 radical (unpaired) electrons. The maximum absolute atomic E-state index is 11.8. The molecule has 0 amide bonds. The fourth-order valence-corrected chi connectivity index (χ4v) is 4.11. The van der Waals surface area contributed by atoms with Gasteiger partial charge in [-0.15, -0.1) is 0 Å². The third kappa shape index (κ3) is 4.35. The lowest BCUT2D eigenvalue weighted by molar-refractivity contribution is 0.265. The molecule has 0 aromatic heterocycles. The normalized spacial score (nSPS) is 17.6. The van der Waals surface area contributed by atoms with E-state index in [9.17, 15) is 16.8 Å². The molecule has 1 saturated heterocycles. The Labute approximate surface area is 139 Å². The lowest BCUT2D eigenvalue weighted by Crippen LogP contribution is -2.33. The summed E-state index contributed by atoms with van der Waals surface area (Å²) in [5.41, 5.74) is 0.